The average Bonchev–Trinajstić information content (AvgIpc) is 2.81. The first-order valence-corrected chi connectivity index (χ1v) is 12.6. The van der Waals surface area contributed by atoms with Crippen molar-refractivity contribution in [1.82, 2.24) is 25.3 Å². The second-order valence-electron chi connectivity index (χ2n) is 9.83. The summed E-state index contributed by atoms with van der Waals surface area (Å²) in [5.41, 5.74) is 1.20. The van der Waals surface area contributed by atoms with Crippen molar-refractivity contribution in [3.63, 3.8) is 0 Å². The molecule has 2 aliphatic rings. The zero-order valence-corrected chi connectivity index (χ0v) is 22.2. The second-order valence-corrected chi connectivity index (χ2v) is 10.2. The van der Waals surface area contributed by atoms with Crippen LogP contribution in [0.1, 0.15) is 39.3 Å². The molecule has 1 aromatic rings. The van der Waals surface area contributed by atoms with Gasteiger partial charge in [0.1, 0.15) is 0 Å². The summed E-state index contributed by atoms with van der Waals surface area (Å²) < 4.78 is 5.43. The molecule has 1 saturated heterocycles. The van der Waals surface area contributed by atoms with Gasteiger partial charge in [-0.15, -0.1) is 6.58 Å². The smallest absolute Gasteiger partial charge is 0.338 e. The molecule has 36 heavy (non-hydrogen) atoms. The van der Waals surface area contributed by atoms with Crippen molar-refractivity contribution in [2.75, 3.05) is 45.9 Å². The highest BCUT2D eigenvalue weighted by Gasteiger charge is 2.39. The molecule has 2 heterocycles. The van der Waals surface area contributed by atoms with Crippen LogP contribution in [0.5, 0.6) is 0 Å². The predicted molar refractivity (Wildman–Crippen MR) is 140 cm³/mol. The molecule has 196 valence electrons. The average molecular weight is 518 g/mol. The van der Waals surface area contributed by atoms with E-state index < -0.39 is 12.0 Å². The molecule has 0 spiro atoms. The highest BCUT2D eigenvalue weighted by atomic mass is 35.5. The molecular formula is C26H36ClN5O4. The first kappa shape index (κ1) is 27.5. The van der Waals surface area contributed by atoms with Crippen LogP contribution in [-0.2, 0) is 9.53 Å². The molecule has 4 amide bonds. The Morgan fingerprint density at radius 1 is 1.22 bits per heavy atom. The highest BCUT2D eigenvalue weighted by molar-refractivity contribution is 6.31. The maximum Gasteiger partial charge on any atom is 0.338 e. The molecule has 1 atom stereocenters. The Morgan fingerprint density at radius 2 is 1.89 bits per heavy atom. The van der Waals surface area contributed by atoms with Gasteiger partial charge in [0.25, 0.3) is 0 Å². The third-order valence-corrected chi connectivity index (χ3v) is 6.32. The van der Waals surface area contributed by atoms with Crippen molar-refractivity contribution in [3.8, 4) is 0 Å². The summed E-state index contributed by atoms with van der Waals surface area (Å²) in [7, 11) is 0. The number of nitrogens with zero attached hydrogens (tertiary/aromatic N) is 3. The normalized spacial score (nSPS) is 19.1. The monoisotopic (exact) mass is 517 g/mol. The summed E-state index contributed by atoms with van der Waals surface area (Å²) in [5, 5.41) is 6.36. The van der Waals surface area contributed by atoms with Crippen molar-refractivity contribution >= 4 is 29.6 Å². The van der Waals surface area contributed by atoms with Crippen LogP contribution in [0.4, 0.5) is 9.59 Å². The van der Waals surface area contributed by atoms with Crippen molar-refractivity contribution in [3.05, 3.63) is 58.8 Å². The van der Waals surface area contributed by atoms with Crippen LogP contribution < -0.4 is 10.6 Å². The van der Waals surface area contributed by atoms with Crippen molar-refractivity contribution in [1.29, 1.82) is 0 Å². The summed E-state index contributed by atoms with van der Waals surface area (Å²) in [6.45, 7) is 14.4. The highest BCUT2D eigenvalue weighted by Crippen LogP contribution is 2.35. The van der Waals surface area contributed by atoms with Crippen LogP contribution >= 0.6 is 11.6 Å². The van der Waals surface area contributed by atoms with E-state index in [-0.39, 0.29) is 30.8 Å². The van der Waals surface area contributed by atoms with Gasteiger partial charge in [0.2, 0.25) is 0 Å². The van der Waals surface area contributed by atoms with E-state index in [9.17, 15) is 14.4 Å². The van der Waals surface area contributed by atoms with Crippen LogP contribution in [-0.4, -0.2) is 84.1 Å². The van der Waals surface area contributed by atoms with Gasteiger partial charge in [-0.3, -0.25) is 9.80 Å². The number of esters is 1. The topological polar surface area (TPSA) is 94.2 Å². The summed E-state index contributed by atoms with van der Waals surface area (Å²) in [6, 6.07) is 5.94. The first-order chi connectivity index (χ1) is 17.1. The van der Waals surface area contributed by atoms with Crippen LogP contribution in [0.2, 0.25) is 5.02 Å². The number of piperazine rings is 1. The second kappa shape index (κ2) is 11.8. The molecule has 0 aromatic heterocycles. The molecule has 0 aliphatic carbocycles. The van der Waals surface area contributed by atoms with Gasteiger partial charge >= 0.3 is 18.0 Å². The van der Waals surface area contributed by atoms with Gasteiger partial charge < -0.3 is 20.3 Å². The molecule has 9 nitrogen and oxygen atoms in total. The molecular weight excluding hydrogens is 482 g/mol. The molecule has 2 N–H and O–H groups in total. The number of hydrogen-bond acceptors (Lipinski definition) is 5. The van der Waals surface area contributed by atoms with E-state index in [1.165, 1.54) is 4.90 Å². The molecule has 1 fully saturated rings. The molecule has 1 unspecified atom stereocenters. The van der Waals surface area contributed by atoms with Crippen molar-refractivity contribution < 1.29 is 19.1 Å². The third-order valence-electron chi connectivity index (χ3n) is 5.98. The summed E-state index contributed by atoms with van der Waals surface area (Å²) in [4.78, 5) is 44.5. The number of ether oxygens (including phenoxy) is 1. The van der Waals surface area contributed by atoms with Crippen LogP contribution in [0.3, 0.4) is 0 Å². The Labute approximate surface area is 218 Å². The van der Waals surface area contributed by atoms with E-state index in [0.29, 0.717) is 54.6 Å². The lowest BCUT2D eigenvalue weighted by molar-refractivity contribution is -0.139. The van der Waals surface area contributed by atoms with Crippen LogP contribution in [0.25, 0.3) is 0 Å². The van der Waals surface area contributed by atoms with E-state index in [1.807, 2.05) is 26.8 Å². The number of urea groups is 2. The fourth-order valence-corrected chi connectivity index (χ4v) is 4.55. The lowest BCUT2D eigenvalue weighted by Gasteiger charge is -2.41. The van der Waals surface area contributed by atoms with Gasteiger partial charge in [-0.25, -0.2) is 14.4 Å². The van der Waals surface area contributed by atoms with E-state index in [0.717, 1.165) is 0 Å². The van der Waals surface area contributed by atoms with Gasteiger partial charge in [-0.1, -0.05) is 35.9 Å². The summed E-state index contributed by atoms with van der Waals surface area (Å²) in [5.74, 6) is -0.505. The molecule has 0 saturated carbocycles. The van der Waals surface area contributed by atoms with Crippen molar-refractivity contribution in [2.24, 2.45) is 0 Å². The predicted octanol–water partition coefficient (Wildman–Crippen LogP) is 3.54. The van der Waals surface area contributed by atoms with Crippen LogP contribution in [0.15, 0.2) is 48.2 Å². The third kappa shape index (κ3) is 6.59. The number of amides is 4. The molecule has 2 aliphatic heterocycles. The molecule has 1 aromatic carbocycles. The first-order valence-electron chi connectivity index (χ1n) is 12.2. The Morgan fingerprint density at radius 3 is 2.47 bits per heavy atom. The lowest BCUT2D eigenvalue weighted by atomic mass is 9.94. The fraction of sp³-hybridized carbons (Fsp3) is 0.500. The molecule has 3 rings (SSSR count). The van der Waals surface area contributed by atoms with Gasteiger partial charge in [0.15, 0.2) is 0 Å². The number of benzene rings is 1. The number of halogens is 1. The van der Waals surface area contributed by atoms with Crippen molar-refractivity contribution in [2.45, 2.75) is 39.3 Å². The van der Waals surface area contributed by atoms with E-state index >= 15 is 0 Å². The number of carbonyl (C=O) groups is 3. The van der Waals surface area contributed by atoms with Gasteiger partial charge in [-0.2, -0.15) is 0 Å². The van der Waals surface area contributed by atoms with E-state index in [1.54, 1.807) is 36.1 Å². The van der Waals surface area contributed by atoms with Gasteiger partial charge in [0, 0.05) is 55.5 Å². The zero-order valence-electron chi connectivity index (χ0n) is 21.5. The number of rotatable bonds is 7. The molecule has 0 bridgehead atoms. The van der Waals surface area contributed by atoms with E-state index in [2.05, 4.69) is 22.1 Å². The quantitative estimate of drug-likeness (QED) is 0.426. The minimum absolute atomic E-state index is 0.0994. The Kier molecular flexibility index (Phi) is 9.03. The minimum Gasteiger partial charge on any atom is -0.463 e. The molecule has 10 heteroatoms. The maximum atomic E-state index is 13.3. The van der Waals surface area contributed by atoms with Crippen LogP contribution in [0, 0.1) is 0 Å². The zero-order chi connectivity index (χ0) is 26.5. The SMILES string of the molecule is C=CCN1C(=O)NC(c2ccccc2Cl)C(C(=O)OCC)=C1CN1CCN(C(=O)NC(C)(C)C)CC1. The fourth-order valence-electron chi connectivity index (χ4n) is 4.31. The van der Waals surface area contributed by atoms with Gasteiger partial charge in [0.05, 0.1) is 18.2 Å². The number of hydrogen-bond donors (Lipinski definition) is 2. The number of carbonyl (C=O) groups excluding carboxylic acids is 3. The lowest BCUT2D eigenvalue weighted by Crippen LogP contribution is -2.56. The van der Waals surface area contributed by atoms with E-state index in [4.69, 9.17) is 16.3 Å². The largest absolute Gasteiger partial charge is 0.463 e. The summed E-state index contributed by atoms with van der Waals surface area (Å²) >= 11 is 6.47. The Bertz CT molecular complexity index is 1030. The summed E-state index contributed by atoms with van der Waals surface area (Å²) in [6.07, 6.45) is 1.62. The maximum absolute atomic E-state index is 13.3. The Balaban J connectivity index is 1.93. The Hall–Kier alpha value is -3.04. The standard InChI is InChI=1S/C26H36ClN5O4/c1-6-12-32-20(17-30-13-15-31(16-14-30)25(35)29-26(3,4)5)21(23(33)36-7-2)22(28-24(32)34)18-10-8-9-11-19(18)27/h6,8-11,22H,1,7,12-17H2,2-5H3,(H,28,34)(H,29,35). The molecule has 0 radical (unpaired) electrons. The van der Waals surface area contributed by atoms with Gasteiger partial charge in [-0.05, 0) is 39.3 Å². The number of nitrogens with one attached hydrogen (secondary N) is 2. The minimum atomic E-state index is -0.750.